The summed E-state index contributed by atoms with van der Waals surface area (Å²) in [5, 5.41) is 9.52. The van der Waals surface area contributed by atoms with Gasteiger partial charge < -0.3 is 4.90 Å². The van der Waals surface area contributed by atoms with Crippen molar-refractivity contribution in [3.05, 3.63) is 75.3 Å². The number of aromatic nitrogens is 4. The second kappa shape index (κ2) is 9.00. The maximum absolute atomic E-state index is 13.9. The third kappa shape index (κ3) is 4.14. The molecule has 0 N–H and O–H groups in total. The summed E-state index contributed by atoms with van der Waals surface area (Å²) in [6.07, 6.45) is 4.55. The van der Waals surface area contributed by atoms with Crippen molar-refractivity contribution in [3.8, 4) is 22.3 Å². The van der Waals surface area contributed by atoms with Gasteiger partial charge in [-0.05, 0) is 54.7 Å². The topological polar surface area (TPSA) is 72.5 Å². The molecule has 1 saturated heterocycles. The largest absolute Gasteiger partial charge is 0.341 e. The molecule has 0 bridgehead atoms. The number of piperidine rings is 1. The molecule has 0 spiro atoms. The van der Waals surface area contributed by atoms with Gasteiger partial charge in [0, 0.05) is 28.7 Å². The first-order chi connectivity index (χ1) is 16.0. The highest BCUT2D eigenvalue weighted by Crippen LogP contribution is 2.33. The minimum Gasteiger partial charge on any atom is -0.341 e. The molecule has 168 valence electrons. The molecule has 1 aliphatic heterocycles. The van der Waals surface area contributed by atoms with E-state index in [1.807, 2.05) is 17.0 Å². The fourth-order valence-electron chi connectivity index (χ4n) is 4.31. The van der Waals surface area contributed by atoms with Gasteiger partial charge in [-0.3, -0.25) is 9.59 Å². The lowest BCUT2D eigenvalue weighted by atomic mass is 9.96. The van der Waals surface area contributed by atoms with E-state index in [-0.39, 0.29) is 18.0 Å². The Morgan fingerprint density at radius 2 is 1.42 bits per heavy atom. The Morgan fingerprint density at radius 3 is 2.03 bits per heavy atom. The number of carbonyl (C=O) groups is 1. The molecule has 33 heavy (non-hydrogen) atoms. The number of carbonyl (C=O) groups excluding carboxylic acids is 1. The van der Waals surface area contributed by atoms with Crippen LogP contribution in [0.15, 0.2) is 59.7 Å². The van der Waals surface area contributed by atoms with Gasteiger partial charge in [0.05, 0.1) is 5.56 Å². The van der Waals surface area contributed by atoms with Crippen molar-refractivity contribution in [2.45, 2.75) is 25.8 Å². The number of fused-ring (bicyclic) bond motifs is 1. The average molecular weight is 482 g/mol. The van der Waals surface area contributed by atoms with E-state index in [9.17, 15) is 9.59 Å². The van der Waals surface area contributed by atoms with Crippen LogP contribution >= 0.6 is 23.2 Å². The number of likely N-dealkylation sites (tertiary alicyclic amines) is 1. The molecule has 9 heteroatoms. The summed E-state index contributed by atoms with van der Waals surface area (Å²) < 4.78 is 2.98. The number of benzene rings is 2. The maximum Gasteiger partial charge on any atom is 0.274 e. The fraction of sp³-hybridized carbons (Fsp3) is 0.250. The van der Waals surface area contributed by atoms with Gasteiger partial charge >= 0.3 is 0 Å². The van der Waals surface area contributed by atoms with E-state index in [0.717, 1.165) is 24.8 Å². The zero-order valence-corrected chi connectivity index (χ0v) is 19.3. The molecule has 1 fully saturated rings. The third-order valence-corrected chi connectivity index (χ3v) is 6.48. The van der Waals surface area contributed by atoms with Crippen LogP contribution in [0.25, 0.3) is 27.9 Å². The van der Waals surface area contributed by atoms with Crippen molar-refractivity contribution in [1.29, 1.82) is 0 Å². The van der Waals surface area contributed by atoms with Crippen LogP contribution in [0, 0.1) is 0 Å². The van der Waals surface area contributed by atoms with Crippen LogP contribution in [0.5, 0.6) is 0 Å². The van der Waals surface area contributed by atoms with Crippen molar-refractivity contribution < 1.29 is 4.79 Å². The fourth-order valence-corrected chi connectivity index (χ4v) is 4.56. The number of amides is 1. The SMILES string of the molecule is O=C(Cn1c(=O)c(-c2ccc(Cl)cc2)c(-c2ccc(Cl)cc2)c2nncn21)N1CCCCC1. The van der Waals surface area contributed by atoms with Gasteiger partial charge in [0.25, 0.3) is 5.56 Å². The highest BCUT2D eigenvalue weighted by Gasteiger charge is 2.24. The van der Waals surface area contributed by atoms with Crippen LogP contribution in [0.3, 0.4) is 0 Å². The Bertz CT molecular complexity index is 1370. The van der Waals surface area contributed by atoms with Gasteiger partial charge in [-0.25, -0.2) is 9.20 Å². The van der Waals surface area contributed by atoms with Crippen molar-refractivity contribution in [2.75, 3.05) is 13.1 Å². The first kappa shape index (κ1) is 21.7. The van der Waals surface area contributed by atoms with Crippen LogP contribution in [0.2, 0.25) is 10.0 Å². The zero-order chi connectivity index (χ0) is 22.9. The lowest BCUT2D eigenvalue weighted by Gasteiger charge is -2.27. The number of rotatable bonds is 4. The van der Waals surface area contributed by atoms with Crippen molar-refractivity contribution >= 4 is 34.8 Å². The Balaban J connectivity index is 1.73. The molecular formula is C24H21Cl2N5O2. The molecule has 2 aromatic heterocycles. The van der Waals surface area contributed by atoms with E-state index in [1.54, 1.807) is 40.9 Å². The number of nitrogens with zero attached hydrogens (tertiary/aromatic N) is 5. The molecule has 0 unspecified atom stereocenters. The minimum atomic E-state index is -0.306. The predicted octanol–water partition coefficient (Wildman–Crippen LogP) is 4.54. The molecule has 5 rings (SSSR count). The Kier molecular flexibility index (Phi) is 5.91. The number of hydrogen-bond donors (Lipinski definition) is 0. The minimum absolute atomic E-state index is 0.0884. The summed E-state index contributed by atoms with van der Waals surface area (Å²) >= 11 is 12.2. The molecule has 4 aromatic rings. The Morgan fingerprint density at radius 1 is 0.848 bits per heavy atom. The van der Waals surface area contributed by atoms with Crippen LogP contribution < -0.4 is 5.56 Å². The monoisotopic (exact) mass is 481 g/mol. The summed E-state index contributed by atoms with van der Waals surface area (Å²) in [7, 11) is 0. The van der Waals surface area contributed by atoms with Gasteiger partial charge in [0.2, 0.25) is 5.91 Å². The smallest absolute Gasteiger partial charge is 0.274 e. The van der Waals surface area contributed by atoms with Crippen molar-refractivity contribution in [2.24, 2.45) is 0 Å². The highest BCUT2D eigenvalue weighted by atomic mass is 35.5. The zero-order valence-electron chi connectivity index (χ0n) is 17.7. The Hall–Kier alpha value is -3.16. The molecule has 2 aromatic carbocycles. The molecule has 1 amide bonds. The quantitative estimate of drug-likeness (QED) is 0.428. The lowest BCUT2D eigenvalue weighted by molar-refractivity contribution is -0.133. The van der Waals surface area contributed by atoms with Gasteiger partial charge in [-0.2, -0.15) is 0 Å². The molecule has 7 nitrogen and oxygen atoms in total. The first-order valence-corrected chi connectivity index (χ1v) is 11.5. The first-order valence-electron chi connectivity index (χ1n) is 10.8. The van der Waals surface area contributed by atoms with Gasteiger partial charge in [0.15, 0.2) is 5.65 Å². The molecule has 1 aliphatic rings. The number of halogens is 2. The summed E-state index contributed by atoms with van der Waals surface area (Å²) in [4.78, 5) is 28.8. The predicted molar refractivity (Wildman–Crippen MR) is 129 cm³/mol. The molecule has 0 aliphatic carbocycles. The van der Waals surface area contributed by atoms with Crippen LogP contribution in [0.1, 0.15) is 19.3 Å². The molecule has 0 saturated carbocycles. The van der Waals surface area contributed by atoms with E-state index in [2.05, 4.69) is 10.2 Å². The van der Waals surface area contributed by atoms with E-state index < -0.39 is 0 Å². The summed E-state index contributed by atoms with van der Waals surface area (Å²) in [6, 6.07) is 14.3. The molecule has 0 radical (unpaired) electrons. The summed E-state index contributed by atoms with van der Waals surface area (Å²) in [6.45, 7) is 1.34. The maximum atomic E-state index is 13.9. The molecular weight excluding hydrogens is 461 g/mol. The van der Waals surface area contributed by atoms with E-state index in [0.29, 0.717) is 45.5 Å². The third-order valence-electron chi connectivity index (χ3n) is 5.97. The Labute approximate surface area is 200 Å². The summed E-state index contributed by atoms with van der Waals surface area (Å²) in [5.74, 6) is -0.0897. The highest BCUT2D eigenvalue weighted by molar-refractivity contribution is 6.31. The average Bonchev–Trinajstić information content (AvgIpc) is 3.32. The van der Waals surface area contributed by atoms with Gasteiger partial charge in [-0.1, -0.05) is 47.5 Å². The normalized spacial score (nSPS) is 14.1. The molecule has 0 atom stereocenters. The van der Waals surface area contributed by atoms with Crippen molar-refractivity contribution in [3.63, 3.8) is 0 Å². The lowest BCUT2D eigenvalue weighted by Crippen LogP contribution is -2.41. The second-order valence-electron chi connectivity index (χ2n) is 8.07. The summed E-state index contributed by atoms with van der Waals surface area (Å²) in [5.41, 5.74) is 2.68. The van der Waals surface area contributed by atoms with Crippen LogP contribution in [-0.4, -0.2) is 43.3 Å². The van der Waals surface area contributed by atoms with Gasteiger partial charge in [0.1, 0.15) is 12.9 Å². The van der Waals surface area contributed by atoms with E-state index in [1.165, 1.54) is 11.0 Å². The number of hydrogen-bond acceptors (Lipinski definition) is 4. The van der Waals surface area contributed by atoms with Crippen molar-refractivity contribution in [1.82, 2.24) is 24.3 Å². The van der Waals surface area contributed by atoms with Crippen LogP contribution in [-0.2, 0) is 11.3 Å². The van der Waals surface area contributed by atoms with E-state index >= 15 is 0 Å². The second-order valence-corrected chi connectivity index (χ2v) is 8.94. The molecule has 3 heterocycles. The van der Waals surface area contributed by atoms with E-state index in [4.69, 9.17) is 23.2 Å². The van der Waals surface area contributed by atoms with Gasteiger partial charge in [-0.15, -0.1) is 10.2 Å². The van der Waals surface area contributed by atoms with Crippen LogP contribution in [0.4, 0.5) is 0 Å². The standard InChI is InChI=1S/C24H21Cl2N5O2/c25-18-8-4-16(5-9-18)21-22(17-6-10-19(26)11-7-17)24(33)30(31-15-27-28-23(21)31)14-20(32)29-12-2-1-3-13-29/h4-11,15H,1-3,12-14H2.